The van der Waals surface area contributed by atoms with E-state index >= 15 is 0 Å². The second-order valence-corrected chi connectivity index (χ2v) is 7.85. The molecule has 3 rings (SSSR count). The van der Waals surface area contributed by atoms with Crippen LogP contribution in [-0.4, -0.2) is 73.1 Å². The third kappa shape index (κ3) is 5.17. The largest absolute Gasteiger partial charge is 0.466 e. The van der Waals surface area contributed by atoms with E-state index in [4.69, 9.17) is 4.74 Å². The summed E-state index contributed by atoms with van der Waals surface area (Å²) in [5.74, 6) is -0.904. The molecule has 1 unspecified atom stereocenters. The molecule has 0 N–H and O–H groups in total. The van der Waals surface area contributed by atoms with E-state index in [1.54, 1.807) is 31.0 Å². The molecule has 162 valence electrons. The molecule has 1 fully saturated rings. The van der Waals surface area contributed by atoms with Crippen LogP contribution in [-0.2, 0) is 14.3 Å². The summed E-state index contributed by atoms with van der Waals surface area (Å²) in [4.78, 5) is 40.5. The highest BCUT2D eigenvalue weighted by Crippen LogP contribution is 2.21. The van der Waals surface area contributed by atoms with Crippen molar-refractivity contribution in [2.45, 2.75) is 33.1 Å². The van der Waals surface area contributed by atoms with Gasteiger partial charge in [-0.3, -0.25) is 19.4 Å². The van der Waals surface area contributed by atoms with E-state index < -0.39 is 0 Å². The summed E-state index contributed by atoms with van der Waals surface area (Å²) >= 11 is 0. The first kappa shape index (κ1) is 21.8. The van der Waals surface area contributed by atoms with Gasteiger partial charge in [-0.25, -0.2) is 0 Å². The van der Waals surface area contributed by atoms with Crippen LogP contribution in [0.25, 0.3) is 0 Å². The topological polar surface area (TPSA) is 82.5 Å². The number of likely N-dealkylation sites (tertiary alicyclic amines) is 1. The number of piperidine rings is 1. The van der Waals surface area contributed by atoms with Gasteiger partial charge in [0.2, 0.25) is 5.91 Å². The van der Waals surface area contributed by atoms with Crippen LogP contribution in [0.1, 0.15) is 43.5 Å². The number of benzene rings is 1. The highest BCUT2D eigenvalue weighted by Gasteiger charge is 2.30. The van der Waals surface area contributed by atoms with Crippen molar-refractivity contribution in [2.75, 3.05) is 44.8 Å². The third-order valence-electron chi connectivity index (χ3n) is 5.50. The van der Waals surface area contributed by atoms with Crippen LogP contribution in [0, 0.1) is 5.92 Å². The summed E-state index contributed by atoms with van der Waals surface area (Å²) in [6.45, 7) is 5.88. The lowest BCUT2D eigenvalue weighted by Gasteiger charge is -2.32. The predicted molar refractivity (Wildman–Crippen MR) is 114 cm³/mol. The molecule has 0 radical (unpaired) electrons. The van der Waals surface area contributed by atoms with Gasteiger partial charge < -0.3 is 14.5 Å². The number of carbonyl (C=O) groups is 3. The first-order chi connectivity index (χ1) is 14.4. The van der Waals surface area contributed by atoms with Gasteiger partial charge in [0.1, 0.15) is 0 Å². The Morgan fingerprint density at radius 3 is 2.57 bits per heavy atom. The second-order valence-electron chi connectivity index (χ2n) is 7.85. The first-order valence-corrected chi connectivity index (χ1v) is 10.5. The Balaban J connectivity index is 1.55. The molecule has 8 nitrogen and oxygen atoms in total. The van der Waals surface area contributed by atoms with Gasteiger partial charge in [0.25, 0.3) is 5.91 Å². The number of amides is 2. The van der Waals surface area contributed by atoms with Crippen molar-refractivity contribution in [3.05, 3.63) is 29.8 Å². The van der Waals surface area contributed by atoms with E-state index in [0.717, 1.165) is 37.2 Å². The Kier molecular flexibility index (Phi) is 7.07. The Labute approximate surface area is 177 Å². The van der Waals surface area contributed by atoms with Crippen molar-refractivity contribution in [1.82, 2.24) is 9.80 Å². The van der Waals surface area contributed by atoms with Crippen LogP contribution in [0.3, 0.4) is 0 Å². The van der Waals surface area contributed by atoms with Gasteiger partial charge in [0.05, 0.1) is 24.8 Å². The molecule has 2 amide bonds. The Morgan fingerprint density at radius 2 is 1.93 bits per heavy atom. The van der Waals surface area contributed by atoms with Gasteiger partial charge in [-0.2, -0.15) is 5.10 Å². The summed E-state index contributed by atoms with van der Waals surface area (Å²) in [5.41, 5.74) is 2.56. The van der Waals surface area contributed by atoms with E-state index in [0.29, 0.717) is 25.3 Å². The summed E-state index contributed by atoms with van der Waals surface area (Å²) in [5, 5.41) is 6.38. The maximum Gasteiger partial charge on any atom is 0.310 e. The van der Waals surface area contributed by atoms with Crippen LogP contribution in [0.15, 0.2) is 29.4 Å². The van der Waals surface area contributed by atoms with Gasteiger partial charge in [0, 0.05) is 44.4 Å². The number of ether oxygens (including phenoxy) is 1. The molecular weight excluding hydrogens is 384 g/mol. The average Bonchev–Trinajstić information content (AvgIpc) is 3.19. The van der Waals surface area contributed by atoms with Crippen molar-refractivity contribution in [2.24, 2.45) is 11.0 Å². The number of hydrogen-bond acceptors (Lipinski definition) is 6. The third-order valence-corrected chi connectivity index (χ3v) is 5.50. The molecule has 1 aromatic rings. The first-order valence-electron chi connectivity index (χ1n) is 10.5. The molecule has 0 aliphatic carbocycles. The summed E-state index contributed by atoms with van der Waals surface area (Å²) in [7, 11) is 1.62. The van der Waals surface area contributed by atoms with Gasteiger partial charge in [-0.05, 0) is 51.0 Å². The molecule has 1 atom stereocenters. The van der Waals surface area contributed by atoms with Crippen molar-refractivity contribution in [1.29, 1.82) is 0 Å². The molecule has 1 saturated heterocycles. The fourth-order valence-electron chi connectivity index (χ4n) is 3.79. The van der Waals surface area contributed by atoms with Crippen LogP contribution < -0.4 is 5.01 Å². The smallest absolute Gasteiger partial charge is 0.310 e. The number of anilines is 1. The number of rotatable bonds is 6. The minimum atomic E-state index is -0.284. The number of nitrogens with zero attached hydrogens (tertiary/aromatic N) is 4. The molecular formula is C22H30N4O4. The number of carbonyl (C=O) groups excluding carboxylic acids is 3. The Morgan fingerprint density at radius 1 is 1.20 bits per heavy atom. The van der Waals surface area contributed by atoms with Crippen LogP contribution in [0.4, 0.5) is 5.69 Å². The maximum atomic E-state index is 12.7. The molecule has 30 heavy (non-hydrogen) atoms. The predicted octanol–water partition coefficient (Wildman–Crippen LogP) is 2.15. The molecule has 0 spiro atoms. The number of esters is 1. The molecule has 2 aliphatic heterocycles. The normalized spacial score (nSPS) is 18.8. The monoisotopic (exact) mass is 414 g/mol. The minimum Gasteiger partial charge on any atom is -0.466 e. The van der Waals surface area contributed by atoms with E-state index in [1.165, 1.54) is 4.90 Å². The molecule has 2 aliphatic rings. The lowest BCUT2D eigenvalue weighted by Crippen LogP contribution is -2.47. The Bertz CT molecular complexity index is 821. The zero-order valence-electron chi connectivity index (χ0n) is 18.0. The van der Waals surface area contributed by atoms with Crippen molar-refractivity contribution < 1.29 is 19.1 Å². The molecule has 0 saturated carbocycles. The van der Waals surface area contributed by atoms with Crippen LogP contribution in [0.2, 0.25) is 0 Å². The zero-order valence-corrected chi connectivity index (χ0v) is 18.0. The average molecular weight is 415 g/mol. The standard InChI is InChI=1S/C22H30N4O4/c1-4-30-22(29)18-6-5-12-25(14-18)20(27)15-24(3)21(28)17-7-9-19(10-8-17)26-13-11-16(2)23-26/h7-10,18H,4-6,11-15H2,1-3H3. The molecule has 1 aromatic carbocycles. The van der Waals surface area contributed by atoms with Gasteiger partial charge in [0.15, 0.2) is 0 Å². The van der Waals surface area contributed by atoms with E-state index in [1.807, 2.05) is 24.1 Å². The quantitative estimate of drug-likeness (QED) is 0.666. The minimum absolute atomic E-state index is 0.0221. The van der Waals surface area contributed by atoms with Gasteiger partial charge in [-0.1, -0.05) is 0 Å². The fourth-order valence-corrected chi connectivity index (χ4v) is 3.79. The summed E-state index contributed by atoms with van der Waals surface area (Å²) in [6.07, 6.45) is 2.43. The van der Waals surface area contributed by atoms with E-state index in [2.05, 4.69) is 5.10 Å². The number of hydrogen-bond donors (Lipinski definition) is 0. The van der Waals surface area contributed by atoms with Crippen molar-refractivity contribution in [3.63, 3.8) is 0 Å². The van der Waals surface area contributed by atoms with Crippen LogP contribution >= 0.6 is 0 Å². The highest BCUT2D eigenvalue weighted by molar-refractivity contribution is 5.96. The Hall–Kier alpha value is -2.90. The second kappa shape index (κ2) is 9.73. The maximum absolute atomic E-state index is 12.7. The summed E-state index contributed by atoms with van der Waals surface area (Å²) in [6, 6.07) is 7.28. The lowest BCUT2D eigenvalue weighted by molar-refractivity contribution is -0.151. The highest BCUT2D eigenvalue weighted by atomic mass is 16.5. The number of likely N-dealkylation sites (N-methyl/N-ethyl adjacent to an activating group) is 1. The summed E-state index contributed by atoms with van der Waals surface area (Å²) < 4.78 is 5.09. The van der Waals surface area contributed by atoms with E-state index in [9.17, 15) is 14.4 Å². The molecule has 8 heteroatoms. The van der Waals surface area contributed by atoms with Gasteiger partial charge in [-0.15, -0.1) is 0 Å². The van der Waals surface area contributed by atoms with Crippen molar-refractivity contribution >= 4 is 29.2 Å². The lowest BCUT2D eigenvalue weighted by atomic mass is 9.98. The number of hydrazone groups is 1. The molecule has 2 heterocycles. The fraction of sp³-hybridized carbons (Fsp3) is 0.545. The van der Waals surface area contributed by atoms with Crippen molar-refractivity contribution in [3.8, 4) is 0 Å². The van der Waals surface area contributed by atoms with Gasteiger partial charge >= 0.3 is 5.97 Å². The molecule has 0 aromatic heterocycles. The molecule has 0 bridgehead atoms. The van der Waals surface area contributed by atoms with Crippen LogP contribution in [0.5, 0.6) is 0 Å². The zero-order chi connectivity index (χ0) is 21.7. The SMILES string of the molecule is CCOC(=O)C1CCCN(C(=O)CN(C)C(=O)c2ccc(N3CCC(C)=N3)cc2)C1. The van der Waals surface area contributed by atoms with E-state index in [-0.39, 0.29) is 30.2 Å².